The Morgan fingerprint density at radius 1 is 0.760 bits per heavy atom. The number of benzene rings is 3. The van der Waals surface area contributed by atoms with Gasteiger partial charge in [-0.05, 0) is 23.3 Å². The average molecular weight is 328 g/mol. The second kappa shape index (κ2) is 6.44. The lowest BCUT2D eigenvalue weighted by Crippen LogP contribution is -2.46. The van der Waals surface area contributed by atoms with Crippen LogP contribution in [0.15, 0.2) is 84.9 Å². The van der Waals surface area contributed by atoms with Gasteiger partial charge >= 0.3 is 0 Å². The van der Waals surface area contributed by atoms with Crippen molar-refractivity contribution < 1.29 is 4.79 Å². The Morgan fingerprint density at radius 2 is 1.32 bits per heavy atom. The summed E-state index contributed by atoms with van der Waals surface area (Å²) in [5.41, 5.74) is 4.25. The summed E-state index contributed by atoms with van der Waals surface area (Å²) >= 11 is 0. The maximum atomic E-state index is 13.2. The number of hydrogen-bond acceptors (Lipinski definition) is 2. The largest absolute Gasteiger partial charge is 0.350 e. The first-order valence-corrected chi connectivity index (χ1v) is 8.48. The number of fused-ring (bicyclic) bond motifs is 1. The monoisotopic (exact) mass is 328 g/mol. The van der Waals surface area contributed by atoms with Crippen molar-refractivity contribution in [1.82, 2.24) is 0 Å². The van der Waals surface area contributed by atoms with E-state index in [4.69, 9.17) is 0 Å². The molecule has 25 heavy (non-hydrogen) atoms. The van der Waals surface area contributed by atoms with Crippen molar-refractivity contribution >= 4 is 17.3 Å². The van der Waals surface area contributed by atoms with Crippen LogP contribution in [0.25, 0.3) is 0 Å². The molecule has 0 bridgehead atoms. The summed E-state index contributed by atoms with van der Waals surface area (Å²) in [6.07, 6.45) is 0. The summed E-state index contributed by atoms with van der Waals surface area (Å²) in [7, 11) is 1.86. The maximum absolute atomic E-state index is 13.2. The van der Waals surface area contributed by atoms with Gasteiger partial charge in [-0.15, -0.1) is 0 Å². The van der Waals surface area contributed by atoms with Crippen LogP contribution in [0.2, 0.25) is 0 Å². The van der Waals surface area contributed by atoms with Crippen molar-refractivity contribution in [3.8, 4) is 0 Å². The van der Waals surface area contributed by atoms with Gasteiger partial charge in [-0.1, -0.05) is 72.8 Å². The minimum atomic E-state index is -0.318. The Balaban J connectivity index is 1.84. The van der Waals surface area contributed by atoms with E-state index >= 15 is 0 Å². The lowest BCUT2D eigenvalue weighted by molar-refractivity contribution is -0.120. The molecule has 1 aliphatic rings. The topological polar surface area (TPSA) is 23.6 Å². The Kier molecular flexibility index (Phi) is 3.98. The summed E-state index contributed by atoms with van der Waals surface area (Å²) < 4.78 is 0. The van der Waals surface area contributed by atoms with Crippen LogP contribution in [0.5, 0.6) is 0 Å². The van der Waals surface area contributed by atoms with Crippen LogP contribution >= 0.6 is 0 Å². The predicted molar refractivity (Wildman–Crippen MR) is 102 cm³/mol. The first-order chi connectivity index (χ1) is 12.3. The van der Waals surface area contributed by atoms with E-state index in [1.54, 1.807) is 4.90 Å². The first-order valence-electron chi connectivity index (χ1n) is 8.48. The average Bonchev–Trinajstić information content (AvgIpc) is 2.68. The van der Waals surface area contributed by atoms with Gasteiger partial charge < -0.3 is 9.80 Å². The number of hydrogen-bond donors (Lipinski definition) is 0. The first kappa shape index (κ1) is 15.5. The quantitative estimate of drug-likeness (QED) is 0.711. The van der Waals surface area contributed by atoms with Gasteiger partial charge in [-0.2, -0.15) is 0 Å². The van der Waals surface area contributed by atoms with Crippen LogP contribution in [0.3, 0.4) is 0 Å². The molecule has 0 fully saturated rings. The summed E-state index contributed by atoms with van der Waals surface area (Å²) in [5, 5.41) is 0. The molecule has 124 valence electrons. The molecule has 0 saturated heterocycles. The highest BCUT2D eigenvalue weighted by Gasteiger charge is 2.37. The molecule has 0 N–H and O–H groups in total. The van der Waals surface area contributed by atoms with Gasteiger partial charge in [0.1, 0.15) is 6.04 Å². The molecule has 4 rings (SSSR count). The molecule has 0 spiro atoms. The molecule has 3 heteroatoms. The lowest BCUT2D eigenvalue weighted by atomic mass is 9.98. The highest BCUT2D eigenvalue weighted by molar-refractivity contribution is 6.05. The summed E-state index contributed by atoms with van der Waals surface area (Å²) in [6.45, 7) is 0.691. The van der Waals surface area contributed by atoms with Crippen LogP contribution < -0.4 is 9.80 Å². The third kappa shape index (κ3) is 2.78. The third-order valence-corrected chi connectivity index (χ3v) is 4.74. The molecule has 1 atom stereocenters. The molecule has 0 saturated carbocycles. The van der Waals surface area contributed by atoms with E-state index in [0.717, 1.165) is 16.9 Å². The molecule has 1 heterocycles. The molecule has 0 aromatic heterocycles. The van der Waals surface area contributed by atoms with E-state index in [-0.39, 0.29) is 11.9 Å². The van der Waals surface area contributed by atoms with Crippen LogP contribution in [-0.4, -0.2) is 13.0 Å². The van der Waals surface area contributed by atoms with Gasteiger partial charge in [-0.25, -0.2) is 0 Å². The molecule has 0 aliphatic carbocycles. The second-order valence-corrected chi connectivity index (χ2v) is 6.31. The zero-order chi connectivity index (χ0) is 17.2. The van der Waals surface area contributed by atoms with Gasteiger partial charge in [0.25, 0.3) is 5.91 Å². The molecule has 3 aromatic rings. The minimum Gasteiger partial charge on any atom is -0.350 e. The van der Waals surface area contributed by atoms with E-state index in [1.165, 1.54) is 5.56 Å². The van der Waals surface area contributed by atoms with Gasteiger partial charge in [0.15, 0.2) is 0 Å². The van der Waals surface area contributed by atoms with Crippen molar-refractivity contribution in [2.24, 2.45) is 0 Å². The number of likely N-dealkylation sites (N-methyl/N-ethyl adjacent to an activating group) is 1. The second-order valence-electron chi connectivity index (χ2n) is 6.31. The Bertz CT molecular complexity index is 877. The molecular formula is C22H20N2O. The number of nitrogens with zero attached hydrogens (tertiary/aromatic N) is 2. The zero-order valence-corrected chi connectivity index (χ0v) is 14.2. The fraction of sp³-hybridized carbons (Fsp3) is 0.136. The van der Waals surface area contributed by atoms with Crippen molar-refractivity contribution in [2.45, 2.75) is 12.6 Å². The van der Waals surface area contributed by atoms with Crippen molar-refractivity contribution in [3.05, 3.63) is 96.1 Å². The number of anilines is 2. The molecule has 1 unspecified atom stereocenters. The third-order valence-electron chi connectivity index (χ3n) is 4.74. The minimum absolute atomic E-state index is 0.0980. The molecular weight excluding hydrogens is 308 g/mol. The van der Waals surface area contributed by atoms with Crippen molar-refractivity contribution in [3.63, 3.8) is 0 Å². The molecule has 3 aromatic carbocycles. The van der Waals surface area contributed by atoms with Gasteiger partial charge in [0.2, 0.25) is 0 Å². The fourth-order valence-electron chi connectivity index (χ4n) is 3.48. The number of para-hydroxylation sites is 2. The van der Waals surface area contributed by atoms with Crippen molar-refractivity contribution in [1.29, 1.82) is 0 Å². The Morgan fingerprint density at radius 3 is 2.00 bits per heavy atom. The summed E-state index contributed by atoms with van der Waals surface area (Å²) in [4.78, 5) is 17.2. The predicted octanol–water partition coefficient (Wildman–Crippen LogP) is 4.41. The van der Waals surface area contributed by atoms with Crippen LogP contribution in [0.4, 0.5) is 11.4 Å². The summed E-state index contributed by atoms with van der Waals surface area (Å²) in [6, 6.07) is 28.1. The maximum Gasteiger partial charge on any atom is 0.254 e. The lowest BCUT2D eigenvalue weighted by Gasteiger charge is -2.42. The number of carbonyl (C=O) groups is 1. The standard InChI is InChI=1S/C22H20N2O/c1-23-19-14-8-9-15-20(19)24(16-17-10-4-2-5-11-17)21(22(23)25)18-12-6-3-7-13-18/h2-15,21H,16H2,1H3. The highest BCUT2D eigenvalue weighted by atomic mass is 16.2. The number of amides is 1. The summed E-state index contributed by atoms with van der Waals surface area (Å²) in [5.74, 6) is 0.0980. The number of carbonyl (C=O) groups excluding carboxylic acids is 1. The van der Waals surface area contributed by atoms with E-state index in [9.17, 15) is 4.79 Å². The molecule has 3 nitrogen and oxygen atoms in total. The highest BCUT2D eigenvalue weighted by Crippen LogP contribution is 2.41. The smallest absolute Gasteiger partial charge is 0.254 e. The van der Waals surface area contributed by atoms with Crippen LogP contribution in [0, 0.1) is 0 Å². The van der Waals surface area contributed by atoms with Gasteiger partial charge in [0.05, 0.1) is 11.4 Å². The van der Waals surface area contributed by atoms with Crippen LogP contribution in [0.1, 0.15) is 17.2 Å². The molecule has 0 radical (unpaired) electrons. The van der Waals surface area contributed by atoms with Gasteiger partial charge in [-0.3, -0.25) is 4.79 Å². The van der Waals surface area contributed by atoms with Gasteiger partial charge in [0, 0.05) is 13.6 Å². The molecule has 1 aliphatic heterocycles. The van der Waals surface area contributed by atoms with E-state index in [1.807, 2.05) is 73.8 Å². The van der Waals surface area contributed by atoms with E-state index < -0.39 is 0 Å². The zero-order valence-electron chi connectivity index (χ0n) is 14.2. The van der Waals surface area contributed by atoms with Crippen molar-refractivity contribution in [2.75, 3.05) is 16.8 Å². The Hall–Kier alpha value is -3.07. The Labute approximate surface area is 148 Å². The fourth-order valence-corrected chi connectivity index (χ4v) is 3.48. The molecule has 1 amide bonds. The SMILES string of the molecule is CN1C(=O)C(c2ccccc2)N(Cc2ccccc2)c2ccccc21. The number of rotatable bonds is 3. The van der Waals surface area contributed by atoms with Crippen LogP contribution in [-0.2, 0) is 11.3 Å². The van der Waals surface area contributed by atoms with E-state index in [0.29, 0.717) is 6.54 Å². The normalized spacial score (nSPS) is 16.7. The van der Waals surface area contributed by atoms with E-state index in [2.05, 4.69) is 23.1 Å².